The third kappa shape index (κ3) is 3.48. The molecule has 2 aromatic heterocycles. The number of piperidine rings is 1. The van der Waals surface area contributed by atoms with Crippen LogP contribution in [0.5, 0.6) is 0 Å². The molecule has 2 aliphatic heterocycles. The smallest absolute Gasteiger partial charge is 0.257 e. The molecule has 26 heavy (non-hydrogen) atoms. The first-order chi connectivity index (χ1) is 12.6. The summed E-state index contributed by atoms with van der Waals surface area (Å²) < 4.78 is 29.8. The molecule has 0 saturated carbocycles. The van der Waals surface area contributed by atoms with Crippen molar-refractivity contribution in [2.24, 2.45) is 5.41 Å². The van der Waals surface area contributed by atoms with Crippen molar-refractivity contribution in [1.82, 2.24) is 19.8 Å². The van der Waals surface area contributed by atoms with Gasteiger partial charge in [0.2, 0.25) is 0 Å². The maximum absolute atomic E-state index is 14.9. The second kappa shape index (κ2) is 7.00. The minimum atomic E-state index is -2.61. The standard InChI is InChI=1S/C20H24F2N4/c21-20(22)7-12-25(13-17-4-9-23-10-5-17)15-19(20)6-11-26(16-19)14-18-3-1-2-8-24-18/h1-5,8-10H,6-7,11-16H2/t19-/m1/s1. The SMILES string of the molecule is FC1(F)CCN(Cc2ccncc2)C[C@@]12CCN(Cc1ccccn1)C2. The Balaban J connectivity index is 1.46. The zero-order valence-electron chi connectivity index (χ0n) is 14.8. The Kier molecular flexibility index (Phi) is 4.71. The van der Waals surface area contributed by atoms with Gasteiger partial charge in [0.25, 0.3) is 5.92 Å². The van der Waals surface area contributed by atoms with E-state index in [2.05, 4.69) is 19.8 Å². The first-order valence-corrected chi connectivity index (χ1v) is 9.18. The number of hydrogen-bond donors (Lipinski definition) is 0. The summed E-state index contributed by atoms with van der Waals surface area (Å²) in [6.07, 6.45) is 5.75. The van der Waals surface area contributed by atoms with E-state index < -0.39 is 11.3 Å². The predicted octanol–water partition coefficient (Wildman–Crippen LogP) is 3.21. The van der Waals surface area contributed by atoms with Gasteiger partial charge in [-0.1, -0.05) is 6.07 Å². The highest BCUT2D eigenvalue weighted by molar-refractivity contribution is 5.12. The third-order valence-corrected chi connectivity index (χ3v) is 5.74. The molecule has 0 unspecified atom stereocenters. The number of alkyl halides is 2. The molecule has 138 valence electrons. The quantitative estimate of drug-likeness (QED) is 0.840. The molecule has 0 radical (unpaired) electrons. The Morgan fingerprint density at radius 3 is 2.35 bits per heavy atom. The zero-order valence-corrected chi connectivity index (χ0v) is 14.8. The average Bonchev–Trinajstić information content (AvgIpc) is 3.04. The van der Waals surface area contributed by atoms with Crippen LogP contribution in [0.4, 0.5) is 8.78 Å². The Bertz CT molecular complexity index is 725. The van der Waals surface area contributed by atoms with Crippen LogP contribution in [0, 0.1) is 5.41 Å². The lowest BCUT2D eigenvalue weighted by molar-refractivity contribution is -0.163. The number of nitrogens with zero attached hydrogens (tertiary/aromatic N) is 4. The van der Waals surface area contributed by atoms with Gasteiger partial charge < -0.3 is 0 Å². The maximum atomic E-state index is 14.9. The fourth-order valence-electron chi connectivity index (χ4n) is 4.31. The van der Waals surface area contributed by atoms with Crippen molar-refractivity contribution in [2.75, 3.05) is 26.2 Å². The van der Waals surface area contributed by atoms with Crippen molar-refractivity contribution >= 4 is 0 Å². The molecule has 0 aromatic carbocycles. The van der Waals surface area contributed by atoms with Gasteiger partial charge in [-0.25, -0.2) is 8.78 Å². The summed E-state index contributed by atoms with van der Waals surface area (Å²) in [6, 6.07) is 9.70. The van der Waals surface area contributed by atoms with Gasteiger partial charge in [-0.15, -0.1) is 0 Å². The van der Waals surface area contributed by atoms with Crippen LogP contribution in [0.15, 0.2) is 48.9 Å². The van der Waals surface area contributed by atoms with Gasteiger partial charge >= 0.3 is 0 Å². The lowest BCUT2D eigenvalue weighted by Crippen LogP contribution is -2.56. The van der Waals surface area contributed by atoms with E-state index in [-0.39, 0.29) is 6.42 Å². The summed E-state index contributed by atoms with van der Waals surface area (Å²) in [4.78, 5) is 12.7. The molecule has 0 bridgehead atoms. The monoisotopic (exact) mass is 358 g/mol. The first-order valence-electron chi connectivity index (χ1n) is 9.18. The summed E-state index contributed by atoms with van der Waals surface area (Å²) in [7, 11) is 0. The van der Waals surface area contributed by atoms with Gasteiger partial charge in [0.15, 0.2) is 0 Å². The zero-order chi connectivity index (χ0) is 18.0. The number of halogens is 2. The Morgan fingerprint density at radius 2 is 1.62 bits per heavy atom. The van der Waals surface area contributed by atoms with Crippen LogP contribution in [0.3, 0.4) is 0 Å². The van der Waals surface area contributed by atoms with Gasteiger partial charge in [-0.2, -0.15) is 0 Å². The Hall–Kier alpha value is -1.92. The second-order valence-corrected chi connectivity index (χ2v) is 7.58. The van der Waals surface area contributed by atoms with E-state index in [1.54, 1.807) is 18.6 Å². The lowest BCUT2D eigenvalue weighted by Gasteiger charge is -2.46. The van der Waals surface area contributed by atoms with E-state index in [1.807, 2.05) is 30.3 Å². The number of likely N-dealkylation sites (tertiary alicyclic amines) is 2. The summed E-state index contributed by atoms with van der Waals surface area (Å²) in [6.45, 7) is 3.38. The predicted molar refractivity (Wildman–Crippen MR) is 95.6 cm³/mol. The molecule has 4 nitrogen and oxygen atoms in total. The average molecular weight is 358 g/mol. The molecular weight excluding hydrogens is 334 g/mol. The maximum Gasteiger partial charge on any atom is 0.257 e. The number of hydrogen-bond acceptors (Lipinski definition) is 4. The highest BCUT2D eigenvalue weighted by Gasteiger charge is 2.59. The normalized spacial score (nSPS) is 26.4. The first kappa shape index (κ1) is 17.5. The molecule has 2 fully saturated rings. The van der Waals surface area contributed by atoms with Crippen molar-refractivity contribution in [1.29, 1.82) is 0 Å². The van der Waals surface area contributed by atoms with E-state index in [0.29, 0.717) is 45.7 Å². The Labute approximate surface area is 152 Å². The minimum absolute atomic E-state index is 0.0600. The fraction of sp³-hybridized carbons (Fsp3) is 0.500. The van der Waals surface area contributed by atoms with Crippen molar-refractivity contribution in [3.05, 3.63) is 60.2 Å². The lowest BCUT2D eigenvalue weighted by atomic mass is 9.75. The summed E-state index contributed by atoms with van der Waals surface area (Å²) in [5, 5.41) is 0. The summed E-state index contributed by atoms with van der Waals surface area (Å²) in [5.74, 6) is -2.61. The number of pyridine rings is 2. The highest BCUT2D eigenvalue weighted by Crippen LogP contribution is 2.49. The molecule has 4 rings (SSSR count). The van der Waals surface area contributed by atoms with Gasteiger partial charge in [0.1, 0.15) is 0 Å². The van der Waals surface area contributed by atoms with Gasteiger partial charge in [0, 0.05) is 57.7 Å². The van der Waals surface area contributed by atoms with E-state index in [0.717, 1.165) is 11.3 Å². The highest BCUT2D eigenvalue weighted by atomic mass is 19.3. The van der Waals surface area contributed by atoms with E-state index in [1.165, 1.54) is 0 Å². The largest absolute Gasteiger partial charge is 0.298 e. The van der Waals surface area contributed by atoms with Crippen LogP contribution in [-0.4, -0.2) is 51.9 Å². The fourth-order valence-corrected chi connectivity index (χ4v) is 4.31. The van der Waals surface area contributed by atoms with Crippen LogP contribution >= 0.6 is 0 Å². The molecule has 0 N–H and O–H groups in total. The molecule has 2 aliphatic rings. The molecule has 0 aliphatic carbocycles. The van der Waals surface area contributed by atoms with Crippen LogP contribution in [0.2, 0.25) is 0 Å². The van der Waals surface area contributed by atoms with Crippen LogP contribution in [-0.2, 0) is 13.1 Å². The molecular formula is C20H24F2N4. The minimum Gasteiger partial charge on any atom is -0.298 e. The van der Waals surface area contributed by atoms with Crippen LogP contribution in [0.25, 0.3) is 0 Å². The number of aromatic nitrogens is 2. The van der Waals surface area contributed by atoms with Crippen molar-refractivity contribution < 1.29 is 8.78 Å². The molecule has 1 atom stereocenters. The topological polar surface area (TPSA) is 32.3 Å². The van der Waals surface area contributed by atoms with Gasteiger partial charge in [0.05, 0.1) is 11.1 Å². The summed E-state index contributed by atoms with van der Waals surface area (Å²) >= 11 is 0. The molecule has 0 amide bonds. The summed E-state index contributed by atoms with van der Waals surface area (Å²) in [5.41, 5.74) is 1.12. The van der Waals surface area contributed by atoms with Gasteiger partial charge in [-0.05, 0) is 42.8 Å². The molecule has 2 saturated heterocycles. The Morgan fingerprint density at radius 1 is 0.885 bits per heavy atom. The molecule has 6 heteroatoms. The van der Waals surface area contributed by atoms with Crippen LogP contribution < -0.4 is 0 Å². The number of rotatable bonds is 4. The van der Waals surface area contributed by atoms with Crippen LogP contribution in [0.1, 0.15) is 24.1 Å². The van der Waals surface area contributed by atoms with E-state index in [9.17, 15) is 8.78 Å². The third-order valence-electron chi connectivity index (χ3n) is 5.74. The van der Waals surface area contributed by atoms with E-state index in [4.69, 9.17) is 0 Å². The van der Waals surface area contributed by atoms with Crippen molar-refractivity contribution in [3.63, 3.8) is 0 Å². The van der Waals surface area contributed by atoms with E-state index >= 15 is 0 Å². The molecule has 4 heterocycles. The van der Waals surface area contributed by atoms with Crippen molar-refractivity contribution in [2.45, 2.75) is 31.9 Å². The molecule has 2 aromatic rings. The molecule has 1 spiro atoms. The van der Waals surface area contributed by atoms with Crippen molar-refractivity contribution in [3.8, 4) is 0 Å². The second-order valence-electron chi connectivity index (χ2n) is 7.58. The van der Waals surface area contributed by atoms with Gasteiger partial charge in [-0.3, -0.25) is 19.8 Å².